The number of hydrogen-bond donors (Lipinski definition) is 0. The summed E-state index contributed by atoms with van der Waals surface area (Å²) in [6.07, 6.45) is 0. The normalized spacial score (nSPS) is 9.87. The van der Waals surface area contributed by atoms with Gasteiger partial charge in [0.2, 0.25) is 0 Å². The van der Waals surface area contributed by atoms with Crippen molar-refractivity contribution in [3.63, 3.8) is 0 Å². The first-order valence-electron chi connectivity index (χ1n) is 15.5. The zero-order chi connectivity index (χ0) is 41.9. The molecular weight excluding hydrogens is 721 g/mol. The minimum Gasteiger partial charge on any atom is -0.0501 e. The molecule has 4 aliphatic carbocycles. The minimum absolute atomic E-state index is 0.553. The van der Waals surface area contributed by atoms with E-state index in [-0.39, 0.29) is 0 Å². The third kappa shape index (κ3) is 20.7. The third-order valence-corrected chi connectivity index (χ3v) is 4.88. The average Bonchev–Trinajstić information content (AvgIpc) is 3.34. The zero-order valence-electron chi connectivity index (χ0n) is 30.0. The molecule has 0 N–H and O–H groups in total. The van der Waals surface area contributed by atoms with Crippen molar-refractivity contribution in [1.82, 2.24) is 0 Å². The van der Waals surface area contributed by atoms with Gasteiger partial charge in [0.15, 0.2) is 0 Å². The van der Waals surface area contributed by atoms with Gasteiger partial charge in [-0.05, 0) is 126 Å². The highest BCUT2D eigenvalue weighted by atomic mass is 14.3. The summed E-state index contributed by atoms with van der Waals surface area (Å²) in [5.41, 5.74) is 147. The Morgan fingerprint density at radius 3 is 0.233 bits per heavy atom. The van der Waals surface area contributed by atoms with Crippen LogP contribution in [-0.4, -0.2) is 0 Å². The molecule has 0 heterocycles. The lowest BCUT2D eigenvalue weighted by Crippen LogP contribution is -2.09. The number of allylic oxidation sites excluding steroid dienone is 4. The van der Waals surface area contributed by atoms with Crippen molar-refractivity contribution in [1.29, 1.82) is 0 Å². The molecule has 4 bridgehead atoms. The second-order valence-electron chi connectivity index (χ2n) is 8.50. The van der Waals surface area contributed by atoms with E-state index in [1.807, 2.05) is 0 Å². The largest absolute Gasteiger partial charge is 0.0595 e. The first-order chi connectivity index (χ1) is 30.0. The van der Waals surface area contributed by atoms with E-state index < -0.39 is 0 Å². The lowest BCUT2D eigenvalue weighted by Gasteiger charge is -2.20. The predicted molar refractivity (Wildman–Crippen MR) is 211 cm³/mol. The van der Waals surface area contributed by atoms with Crippen LogP contribution in [0.5, 0.6) is 0 Å². The summed E-state index contributed by atoms with van der Waals surface area (Å²) in [6, 6.07) is 0. The molecule has 0 aromatic rings. The van der Waals surface area contributed by atoms with E-state index in [0.717, 1.165) is 0 Å². The summed E-state index contributed by atoms with van der Waals surface area (Å²) in [4.78, 5) is 0. The maximum atomic E-state index is 2.95. The Kier molecular flexibility index (Phi) is 21.4. The quantitative estimate of drug-likeness (QED) is 0.219. The van der Waals surface area contributed by atoms with Crippen LogP contribution in [0.4, 0.5) is 0 Å². The van der Waals surface area contributed by atoms with Gasteiger partial charge in [0.25, 0.3) is 0 Å². The van der Waals surface area contributed by atoms with Gasteiger partial charge in [-0.15, -0.1) is 0 Å². The van der Waals surface area contributed by atoms with E-state index in [9.17, 15) is 0 Å². The van der Waals surface area contributed by atoms with Crippen molar-refractivity contribution >= 4 is 0 Å². The number of hydrogen-bond acceptors (Lipinski definition) is 0. The molecule has 60 heavy (non-hydrogen) atoms. The van der Waals surface area contributed by atoms with Crippen molar-refractivity contribution in [2.45, 2.75) is 0 Å². The van der Waals surface area contributed by atoms with Gasteiger partial charge in [-0.25, -0.2) is 0 Å². The SMILES string of the molecule is C1=C=C=C=C=C=C=C=C=C=C=C=C=C=C=C=C=C=C=C=C=C=C=C=C=C2C3=C=C=C=C=C=C=C=C=C2C3=C=C=C=C=C=C=C=C=C=C=C=C=C=C=C=C=C=C=C=C=C=C=C=1. The highest BCUT2D eigenvalue weighted by Gasteiger charge is 2.30. The second kappa shape index (κ2) is 30.9. The fourth-order valence-corrected chi connectivity index (χ4v) is 2.81. The van der Waals surface area contributed by atoms with E-state index in [1.165, 1.54) is 0 Å². The summed E-state index contributed by atoms with van der Waals surface area (Å²) >= 11 is 0. The maximum absolute atomic E-state index is 2.95. The van der Waals surface area contributed by atoms with Crippen LogP contribution in [0.25, 0.3) is 0 Å². The smallest absolute Gasteiger partial charge is 0.0501 e. The van der Waals surface area contributed by atoms with Gasteiger partial charge in [0.1, 0.15) is 0 Å². The van der Waals surface area contributed by atoms with Gasteiger partial charge in [-0.3, -0.25) is 0 Å². The van der Waals surface area contributed by atoms with Gasteiger partial charge >= 0.3 is 0 Å². The molecule has 240 valence electrons. The van der Waals surface area contributed by atoms with E-state index in [0.29, 0.717) is 22.3 Å². The molecule has 4 rings (SSSR count). The summed E-state index contributed by atoms with van der Waals surface area (Å²) in [7, 11) is 0. The molecule has 0 nitrogen and oxygen atoms in total. The molecule has 0 amide bonds. The molecule has 0 heteroatoms. The van der Waals surface area contributed by atoms with E-state index in [1.54, 1.807) is 0 Å². The van der Waals surface area contributed by atoms with Crippen LogP contribution in [0.3, 0.4) is 0 Å². The molecule has 0 unspecified atom stereocenters. The fourth-order valence-electron chi connectivity index (χ4n) is 2.81. The molecule has 0 aromatic heterocycles. The molecular formula is C60. The summed E-state index contributed by atoms with van der Waals surface area (Å²) in [5, 5.41) is 0. The molecule has 1 fully saturated rings. The Morgan fingerprint density at radius 1 is 0.0833 bits per heavy atom. The van der Waals surface area contributed by atoms with Gasteiger partial charge < -0.3 is 0 Å². The van der Waals surface area contributed by atoms with Crippen LogP contribution < -0.4 is 0 Å². The summed E-state index contributed by atoms with van der Waals surface area (Å²) in [5.74, 6) is 0. The van der Waals surface area contributed by atoms with E-state index in [4.69, 9.17) is 0 Å². The van der Waals surface area contributed by atoms with Crippen molar-refractivity contribution in [2.24, 2.45) is 0 Å². The van der Waals surface area contributed by atoms with Crippen LogP contribution in [-0.2, 0) is 0 Å². The lowest BCUT2D eigenvalue weighted by atomic mass is 9.76. The molecule has 4 aliphatic rings. The Morgan fingerprint density at radius 2 is 0.150 bits per heavy atom. The van der Waals surface area contributed by atoms with Crippen LogP contribution in [0.1, 0.15) is 0 Å². The second-order valence-corrected chi connectivity index (χ2v) is 8.50. The Bertz CT molecular complexity index is 4190. The molecule has 1 saturated carbocycles. The fraction of sp³-hybridized carbons (Fsp3) is 0. The molecule has 0 spiro atoms. The first-order valence-corrected chi connectivity index (χ1v) is 15.5. The van der Waals surface area contributed by atoms with Crippen molar-refractivity contribution < 1.29 is 0 Å². The van der Waals surface area contributed by atoms with Gasteiger partial charge in [0, 0.05) is 172 Å². The van der Waals surface area contributed by atoms with Crippen LogP contribution in [0, 0.1) is 0 Å². The van der Waals surface area contributed by atoms with Gasteiger partial charge in [0.05, 0.1) is 22.3 Å². The third-order valence-electron chi connectivity index (χ3n) is 4.88. The Labute approximate surface area is 341 Å². The molecule has 0 aliphatic heterocycles. The Hall–Kier alpha value is -12.8. The molecule has 0 saturated heterocycles. The minimum atomic E-state index is 0.553. The topological polar surface area (TPSA) is 0 Å². The zero-order valence-corrected chi connectivity index (χ0v) is 30.0. The molecule has 0 radical (unpaired) electrons. The summed E-state index contributed by atoms with van der Waals surface area (Å²) in [6.45, 7) is 0. The van der Waals surface area contributed by atoms with Gasteiger partial charge in [-0.2, -0.15) is 0 Å². The highest BCUT2D eigenvalue weighted by Crippen LogP contribution is 2.41. The molecule has 0 atom stereocenters. The standard InChI is InChI=1S/C60/c1-2-4-6-8-10-12-14-16-18-20-22-24-26-28-30-32-34-36-38-40-42-46-50-54-58-59-55-51-47-43-44-48-52-56-60(58)57(59)53-49-45-41-39-37-35-33-31-29-27-25-23-21-19-17-15-13-11-9-7-5-3-1. The highest BCUT2D eigenvalue weighted by molar-refractivity contribution is 5.77. The van der Waals surface area contributed by atoms with Crippen molar-refractivity contribution in [3.8, 4) is 0 Å². The number of rotatable bonds is 0. The van der Waals surface area contributed by atoms with E-state index >= 15 is 0 Å². The monoisotopic (exact) mass is 720 g/mol. The Balaban J connectivity index is 2.36. The van der Waals surface area contributed by atoms with Crippen LogP contribution in [0.15, 0.2) is 343 Å². The maximum Gasteiger partial charge on any atom is 0.0595 e. The predicted octanol–water partition coefficient (Wildman–Crippen LogP) is 9.31. The lowest BCUT2D eigenvalue weighted by molar-refractivity contribution is 1.26. The van der Waals surface area contributed by atoms with Crippen molar-refractivity contribution in [3.05, 3.63) is 343 Å². The average molecular weight is 721 g/mol. The van der Waals surface area contributed by atoms with Crippen LogP contribution in [0.2, 0.25) is 0 Å². The van der Waals surface area contributed by atoms with Crippen molar-refractivity contribution in [2.75, 3.05) is 0 Å². The van der Waals surface area contributed by atoms with E-state index in [2.05, 4.69) is 321 Å². The molecule has 0 aromatic carbocycles. The first kappa shape index (κ1) is 41.6. The van der Waals surface area contributed by atoms with Crippen LogP contribution >= 0.6 is 0 Å². The summed E-state index contributed by atoms with van der Waals surface area (Å²) < 4.78 is 0. The van der Waals surface area contributed by atoms with Gasteiger partial charge in [-0.1, -0.05) is 22.9 Å².